The Hall–Kier alpha value is -2.84. The average Bonchev–Trinajstić information content (AvgIpc) is 3.27. The number of rotatable bonds is 10. The Morgan fingerprint density at radius 1 is 1.03 bits per heavy atom. The molecule has 35 heavy (non-hydrogen) atoms. The van der Waals surface area contributed by atoms with E-state index in [4.69, 9.17) is 27.9 Å². The standard InChI is InChI=1S/C26H24Cl2N4O2S/c1-18-7-5-6-10-20(18)17-35-26-31-30-24(32(26)23-13-21(27)11-12-22(23)28)14-29-25(33)16-34-15-19-8-3-2-4-9-19/h2-13H,14-17H2,1H3,(H,29,33). The van der Waals surface area contributed by atoms with Crippen LogP contribution in [0.3, 0.4) is 0 Å². The van der Waals surface area contributed by atoms with E-state index in [1.54, 1.807) is 30.0 Å². The normalized spacial score (nSPS) is 10.9. The highest BCUT2D eigenvalue weighted by molar-refractivity contribution is 7.98. The average molecular weight is 527 g/mol. The summed E-state index contributed by atoms with van der Waals surface area (Å²) in [7, 11) is 0. The molecule has 4 rings (SSSR count). The van der Waals surface area contributed by atoms with Gasteiger partial charge in [0.05, 0.1) is 23.9 Å². The number of hydrogen-bond acceptors (Lipinski definition) is 5. The number of thioether (sulfide) groups is 1. The molecule has 6 nitrogen and oxygen atoms in total. The molecule has 0 bridgehead atoms. The molecule has 1 amide bonds. The Kier molecular flexibility index (Phi) is 8.82. The summed E-state index contributed by atoms with van der Waals surface area (Å²) in [6, 6.07) is 23.1. The van der Waals surface area contributed by atoms with Crippen LogP contribution in [0.15, 0.2) is 78.0 Å². The van der Waals surface area contributed by atoms with Gasteiger partial charge in [0.25, 0.3) is 0 Å². The predicted octanol–water partition coefficient (Wildman–Crippen LogP) is 6.01. The molecular formula is C26H24Cl2N4O2S. The van der Waals surface area contributed by atoms with Crippen LogP contribution in [-0.2, 0) is 28.4 Å². The smallest absolute Gasteiger partial charge is 0.246 e. The molecule has 0 fully saturated rings. The zero-order valence-electron chi connectivity index (χ0n) is 19.1. The number of aryl methyl sites for hydroxylation is 1. The highest BCUT2D eigenvalue weighted by Gasteiger charge is 2.18. The van der Waals surface area contributed by atoms with E-state index in [9.17, 15) is 4.79 Å². The first kappa shape index (κ1) is 25.3. The molecule has 1 N–H and O–H groups in total. The topological polar surface area (TPSA) is 69.0 Å². The van der Waals surface area contributed by atoms with E-state index >= 15 is 0 Å². The van der Waals surface area contributed by atoms with Gasteiger partial charge in [-0.15, -0.1) is 10.2 Å². The van der Waals surface area contributed by atoms with Crippen molar-refractivity contribution in [3.8, 4) is 5.69 Å². The van der Waals surface area contributed by atoms with Crippen LogP contribution in [-0.4, -0.2) is 27.3 Å². The number of amides is 1. The van der Waals surface area contributed by atoms with E-state index < -0.39 is 0 Å². The Balaban J connectivity index is 1.47. The van der Waals surface area contributed by atoms with Crippen LogP contribution < -0.4 is 5.32 Å². The van der Waals surface area contributed by atoms with Gasteiger partial charge in [-0.25, -0.2) is 0 Å². The lowest BCUT2D eigenvalue weighted by atomic mass is 10.1. The molecule has 0 aliphatic heterocycles. The monoisotopic (exact) mass is 526 g/mol. The number of carbonyl (C=O) groups excluding carboxylic acids is 1. The summed E-state index contributed by atoms with van der Waals surface area (Å²) in [5, 5.41) is 13.3. The lowest BCUT2D eigenvalue weighted by molar-refractivity contribution is -0.126. The quantitative estimate of drug-likeness (QED) is 0.256. The minimum atomic E-state index is -0.248. The van der Waals surface area contributed by atoms with Crippen LogP contribution in [0.4, 0.5) is 0 Å². The molecule has 3 aromatic carbocycles. The van der Waals surface area contributed by atoms with Crippen molar-refractivity contribution in [2.45, 2.75) is 31.0 Å². The number of ether oxygens (including phenoxy) is 1. The van der Waals surface area contributed by atoms with Crippen LogP contribution >= 0.6 is 35.0 Å². The molecule has 0 aliphatic rings. The first-order chi connectivity index (χ1) is 17.0. The highest BCUT2D eigenvalue weighted by Crippen LogP contribution is 2.31. The van der Waals surface area contributed by atoms with Gasteiger partial charge in [0.2, 0.25) is 5.91 Å². The summed E-state index contributed by atoms with van der Waals surface area (Å²) < 4.78 is 7.36. The molecule has 0 aliphatic carbocycles. The first-order valence-corrected chi connectivity index (χ1v) is 12.7. The lowest BCUT2D eigenvalue weighted by Gasteiger charge is -2.13. The maximum absolute atomic E-state index is 12.4. The minimum absolute atomic E-state index is 0.0597. The summed E-state index contributed by atoms with van der Waals surface area (Å²) in [6.07, 6.45) is 0. The Bertz CT molecular complexity index is 1300. The van der Waals surface area contributed by atoms with Crippen molar-refractivity contribution in [3.05, 3.63) is 105 Å². The molecule has 1 aromatic heterocycles. The fourth-order valence-electron chi connectivity index (χ4n) is 3.39. The van der Waals surface area contributed by atoms with Crippen molar-refractivity contribution >= 4 is 40.9 Å². The van der Waals surface area contributed by atoms with Gasteiger partial charge in [-0.3, -0.25) is 9.36 Å². The highest BCUT2D eigenvalue weighted by atomic mass is 35.5. The Morgan fingerprint density at radius 3 is 2.60 bits per heavy atom. The number of nitrogens with zero attached hydrogens (tertiary/aromatic N) is 3. The lowest BCUT2D eigenvalue weighted by Crippen LogP contribution is -2.28. The molecule has 0 saturated heterocycles. The van der Waals surface area contributed by atoms with Crippen molar-refractivity contribution < 1.29 is 9.53 Å². The molecule has 0 unspecified atom stereocenters. The molecule has 1 heterocycles. The zero-order valence-corrected chi connectivity index (χ0v) is 21.4. The summed E-state index contributed by atoms with van der Waals surface area (Å²) in [4.78, 5) is 12.4. The largest absolute Gasteiger partial charge is 0.367 e. The third kappa shape index (κ3) is 6.86. The summed E-state index contributed by atoms with van der Waals surface area (Å²) in [5.74, 6) is 1.00. The van der Waals surface area contributed by atoms with Gasteiger partial charge in [0.15, 0.2) is 11.0 Å². The van der Waals surface area contributed by atoms with Crippen LogP contribution in [0.2, 0.25) is 10.0 Å². The van der Waals surface area contributed by atoms with E-state index in [0.29, 0.717) is 39.1 Å². The van der Waals surface area contributed by atoms with Crippen molar-refractivity contribution in [2.75, 3.05) is 6.61 Å². The van der Waals surface area contributed by atoms with E-state index in [1.165, 1.54) is 11.1 Å². The second-order valence-electron chi connectivity index (χ2n) is 7.80. The molecule has 4 aromatic rings. The minimum Gasteiger partial charge on any atom is -0.367 e. The van der Waals surface area contributed by atoms with Gasteiger partial charge in [0, 0.05) is 10.8 Å². The summed E-state index contributed by atoms with van der Waals surface area (Å²) >= 11 is 14.3. The number of nitrogens with one attached hydrogen (secondary N) is 1. The Morgan fingerprint density at radius 2 is 1.80 bits per heavy atom. The van der Waals surface area contributed by atoms with Gasteiger partial charge >= 0.3 is 0 Å². The van der Waals surface area contributed by atoms with Crippen molar-refractivity contribution in [1.29, 1.82) is 0 Å². The van der Waals surface area contributed by atoms with Gasteiger partial charge in [-0.2, -0.15) is 0 Å². The molecule has 0 atom stereocenters. The number of carbonyl (C=O) groups is 1. The van der Waals surface area contributed by atoms with Gasteiger partial charge < -0.3 is 10.1 Å². The molecule has 9 heteroatoms. The maximum Gasteiger partial charge on any atom is 0.246 e. The van der Waals surface area contributed by atoms with Crippen molar-refractivity contribution in [1.82, 2.24) is 20.1 Å². The summed E-state index contributed by atoms with van der Waals surface area (Å²) in [6.45, 7) is 2.54. The maximum atomic E-state index is 12.4. The summed E-state index contributed by atoms with van der Waals surface area (Å²) in [5.41, 5.74) is 4.07. The van der Waals surface area contributed by atoms with E-state index in [2.05, 4.69) is 34.6 Å². The van der Waals surface area contributed by atoms with Gasteiger partial charge in [-0.1, -0.05) is 89.6 Å². The van der Waals surface area contributed by atoms with Crippen molar-refractivity contribution in [2.24, 2.45) is 0 Å². The second-order valence-corrected chi connectivity index (χ2v) is 9.59. The fourth-order valence-corrected chi connectivity index (χ4v) is 4.79. The zero-order chi connectivity index (χ0) is 24.6. The van der Waals surface area contributed by atoms with Crippen LogP contribution in [0.25, 0.3) is 5.69 Å². The van der Waals surface area contributed by atoms with E-state index in [0.717, 1.165) is 5.56 Å². The number of hydrogen-bond donors (Lipinski definition) is 1. The first-order valence-electron chi connectivity index (χ1n) is 11.0. The molecule has 0 saturated carbocycles. The van der Waals surface area contributed by atoms with Gasteiger partial charge in [-0.05, 0) is 41.8 Å². The second kappa shape index (κ2) is 12.2. The molecular weight excluding hydrogens is 503 g/mol. The van der Waals surface area contributed by atoms with Crippen LogP contribution in [0.1, 0.15) is 22.5 Å². The molecule has 0 radical (unpaired) electrons. The number of benzene rings is 3. The Labute approximate surface area is 218 Å². The van der Waals surface area contributed by atoms with Crippen LogP contribution in [0, 0.1) is 6.92 Å². The van der Waals surface area contributed by atoms with Crippen LogP contribution in [0.5, 0.6) is 0 Å². The number of aromatic nitrogens is 3. The molecule has 0 spiro atoms. The third-order valence-electron chi connectivity index (χ3n) is 5.26. The fraction of sp³-hybridized carbons (Fsp3) is 0.192. The SMILES string of the molecule is Cc1ccccc1CSc1nnc(CNC(=O)COCc2ccccc2)n1-c1cc(Cl)ccc1Cl. The van der Waals surface area contributed by atoms with E-state index in [-0.39, 0.29) is 19.1 Å². The molecule has 180 valence electrons. The van der Waals surface area contributed by atoms with E-state index in [1.807, 2.05) is 47.0 Å². The predicted molar refractivity (Wildman–Crippen MR) is 140 cm³/mol. The van der Waals surface area contributed by atoms with Crippen molar-refractivity contribution in [3.63, 3.8) is 0 Å². The number of halogens is 2. The van der Waals surface area contributed by atoms with Gasteiger partial charge in [0.1, 0.15) is 6.61 Å². The third-order valence-corrected chi connectivity index (χ3v) is 6.79.